The molecule has 0 saturated heterocycles. The minimum atomic E-state index is -0.0818. The monoisotopic (exact) mass is 889 g/mol. The molecule has 2 aromatic heterocycles. The Morgan fingerprint density at radius 2 is 1.09 bits per heavy atom. The normalized spacial score (nSPS) is 19.0. The van der Waals surface area contributed by atoms with Gasteiger partial charge < -0.3 is 23.5 Å². The summed E-state index contributed by atoms with van der Waals surface area (Å²) in [6.07, 6.45) is 4.80. The topological polar surface area (TPSA) is 36.0 Å². The van der Waals surface area contributed by atoms with E-state index in [9.17, 15) is 0 Å². The average molecular weight is 890 g/mol. The van der Waals surface area contributed by atoms with Crippen molar-refractivity contribution in [2.24, 2.45) is 0 Å². The molecule has 11 aromatic rings. The number of rotatable bonds is 4. The van der Waals surface area contributed by atoms with Gasteiger partial charge >= 0.3 is 0 Å². The second-order valence-electron chi connectivity index (χ2n) is 20.4. The van der Waals surface area contributed by atoms with Gasteiger partial charge in [0.25, 0.3) is 6.71 Å². The predicted octanol–water partition coefficient (Wildman–Crippen LogP) is 15.3. The van der Waals surface area contributed by atoms with Crippen LogP contribution in [0.5, 0.6) is 0 Å². The lowest BCUT2D eigenvalue weighted by atomic mass is 9.33. The Morgan fingerprint density at radius 3 is 1.94 bits per heavy atom. The first kappa shape index (κ1) is 39.1. The van der Waals surface area contributed by atoms with Crippen LogP contribution in [-0.4, -0.2) is 12.3 Å². The van der Waals surface area contributed by atoms with E-state index in [1.54, 1.807) is 0 Å². The van der Waals surface area contributed by atoms with Crippen LogP contribution in [0.3, 0.4) is 0 Å². The number of benzene rings is 9. The van der Waals surface area contributed by atoms with E-state index in [-0.39, 0.29) is 17.7 Å². The second-order valence-corrected chi connectivity index (χ2v) is 20.4. The van der Waals surface area contributed by atoms with Gasteiger partial charge in [-0.15, -0.1) is 0 Å². The van der Waals surface area contributed by atoms with E-state index in [2.05, 4.69) is 224 Å². The second kappa shape index (κ2) is 14.1. The average Bonchev–Trinajstić information content (AvgIpc) is 4.02. The predicted molar refractivity (Wildman–Crippen MR) is 288 cm³/mol. The molecule has 5 heterocycles. The van der Waals surface area contributed by atoms with Gasteiger partial charge in [0.05, 0.1) is 16.6 Å². The summed E-state index contributed by atoms with van der Waals surface area (Å²) in [7, 11) is 0. The van der Waals surface area contributed by atoms with Crippen molar-refractivity contribution in [2.45, 2.75) is 57.4 Å². The van der Waals surface area contributed by atoms with Crippen LogP contribution >= 0.6 is 0 Å². The fraction of sp³-hybridized carbons (Fsp3) is 0.143. The van der Waals surface area contributed by atoms with E-state index in [1.165, 1.54) is 92.0 Å². The summed E-state index contributed by atoms with van der Waals surface area (Å²) in [5.41, 5.74) is 21.8. The van der Waals surface area contributed by atoms with Crippen molar-refractivity contribution in [1.82, 2.24) is 0 Å². The van der Waals surface area contributed by atoms with Gasteiger partial charge in [-0.05, 0) is 138 Å². The molecule has 6 heteroatoms. The number of hydrogen-bond donors (Lipinski definition) is 0. The zero-order valence-electron chi connectivity index (χ0n) is 39.0. The highest BCUT2D eigenvalue weighted by Gasteiger charge is 2.57. The zero-order chi connectivity index (χ0) is 45.8. The molecule has 1 fully saturated rings. The zero-order valence-corrected chi connectivity index (χ0v) is 39.0. The molecule has 330 valence electrons. The number of nitrogens with zero attached hydrogens (tertiary/aromatic N) is 3. The molecule has 1 aliphatic carbocycles. The van der Waals surface area contributed by atoms with Crippen LogP contribution in [0.4, 0.5) is 45.5 Å². The molecule has 15 rings (SSSR count). The SMILES string of the molecule is Cc1cc2c3c(c1)N(c1cccc4oc5ccccc5c14)c1cc(-c4ccccc4)ccc1B3c1ccc(N3c4ccccc4C4(C)CCCCC34C)cc1N2c1ccc2c(c1)oc1ccccc12. The highest BCUT2D eigenvalue weighted by Crippen LogP contribution is 2.61. The van der Waals surface area contributed by atoms with Crippen LogP contribution in [0.15, 0.2) is 197 Å². The molecule has 0 spiro atoms. The summed E-state index contributed by atoms with van der Waals surface area (Å²) in [6.45, 7) is 7.26. The molecule has 5 nitrogen and oxygen atoms in total. The van der Waals surface area contributed by atoms with Gasteiger partial charge in [0.15, 0.2) is 0 Å². The lowest BCUT2D eigenvalue weighted by Crippen LogP contribution is -2.61. The molecule has 69 heavy (non-hydrogen) atoms. The first-order valence-corrected chi connectivity index (χ1v) is 24.7. The van der Waals surface area contributed by atoms with Gasteiger partial charge in [-0.1, -0.05) is 129 Å². The van der Waals surface area contributed by atoms with Gasteiger partial charge in [-0.3, -0.25) is 0 Å². The minimum Gasteiger partial charge on any atom is -0.456 e. The van der Waals surface area contributed by atoms with Crippen LogP contribution in [0.2, 0.25) is 0 Å². The number of furan rings is 2. The van der Waals surface area contributed by atoms with Gasteiger partial charge in [0.1, 0.15) is 22.3 Å². The fourth-order valence-corrected chi connectivity index (χ4v) is 13.5. The molecular weight excluding hydrogens is 842 g/mol. The van der Waals surface area contributed by atoms with Crippen molar-refractivity contribution in [3.63, 3.8) is 0 Å². The van der Waals surface area contributed by atoms with Crippen molar-refractivity contribution >= 4 is 112 Å². The number of aryl methyl sites for hydroxylation is 1. The van der Waals surface area contributed by atoms with E-state index in [0.29, 0.717) is 0 Å². The maximum absolute atomic E-state index is 6.67. The van der Waals surface area contributed by atoms with E-state index < -0.39 is 0 Å². The van der Waals surface area contributed by atoms with Gasteiger partial charge in [-0.25, -0.2) is 0 Å². The summed E-state index contributed by atoms with van der Waals surface area (Å²) in [4.78, 5) is 7.81. The molecule has 2 unspecified atom stereocenters. The molecule has 9 aromatic carbocycles. The van der Waals surface area contributed by atoms with Crippen LogP contribution in [0.1, 0.15) is 50.7 Å². The number of hydrogen-bond acceptors (Lipinski definition) is 5. The van der Waals surface area contributed by atoms with Gasteiger partial charge in [-0.2, -0.15) is 0 Å². The maximum Gasteiger partial charge on any atom is 0.252 e. The lowest BCUT2D eigenvalue weighted by Gasteiger charge is -2.50. The standard InChI is InChI=1S/C63H48BN3O2/c1-39-34-54-61-55(35-39)66(51-22-15-25-58-60(51)46-19-8-12-24-57(46)68-58)52-36-41(40-16-5-4-6-17-40)26-30-48(52)64(61)49-31-28-43(67-50-21-10-9-20-47(50)62(2)32-13-14-33-63(62,67)3)37-53(49)65(54)42-27-29-45-44-18-7-11-23-56(44)69-59(45)38-42/h4-12,15-31,34-38H,13-14,32-33H2,1-3H3. The van der Waals surface area contributed by atoms with Crippen LogP contribution in [0, 0.1) is 6.92 Å². The van der Waals surface area contributed by atoms with E-state index in [1.807, 2.05) is 0 Å². The highest BCUT2D eigenvalue weighted by molar-refractivity contribution is 7.00. The Bertz CT molecular complexity index is 3960. The third-order valence-corrected chi connectivity index (χ3v) is 16.8. The Morgan fingerprint density at radius 1 is 0.449 bits per heavy atom. The molecule has 3 aliphatic heterocycles. The largest absolute Gasteiger partial charge is 0.456 e. The van der Waals surface area contributed by atoms with Crippen LogP contribution < -0.4 is 31.1 Å². The number of fused-ring (bicyclic) bond motifs is 13. The van der Waals surface area contributed by atoms with E-state index >= 15 is 0 Å². The molecule has 2 atom stereocenters. The van der Waals surface area contributed by atoms with Crippen LogP contribution in [-0.2, 0) is 5.41 Å². The highest BCUT2D eigenvalue weighted by atomic mass is 16.3. The summed E-state index contributed by atoms with van der Waals surface area (Å²) in [5.74, 6) is 0. The fourth-order valence-electron chi connectivity index (χ4n) is 13.5. The molecule has 4 aliphatic rings. The Kier molecular flexibility index (Phi) is 7.96. The van der Waals surface area contributed by atoms with Crippen molar-refractivity contribution in [2.75, 3.05) is 14.7 Å². The molecule has 0 N–H and O–H groups in total. The quantitative estimate of drug-likeness (QED) is 0.165. The maximum atomic E-state index is 6.67. The van der Waals surface area contributed by atoms with Crippen molar-refractivity contribution in [3.8, 4) is 11.1 Å². The van der Waals surface area contributed by atoms with Crippen LogP contribution in [0.25, 0.3) is 55.0 Å². The molecule has 0 radical (unpaired) electrons. The van der Waals surface area contributed by atoms with Crippen molar-refractivity contribution < 1.29 is 8.83 Å². The van der Waals surface area contributed by atoms with Crippen molar-refractivity contribution in [1.29, 1.82) is 0 Å². The summed E-state index contributed by atoms with van der Waals surface area (Å²) < 4.78 is 13.3. The van der Waals surface area contributed by atoms with E-state index in [4.69, 9.17) is 8.83 Å². The van der Waals surface area contributed by atoms with E-state index in [0.717, 1.165) is 61.7 Å². The summed E-state index contributed by atoms with van der Waals surface area (Å²) in [5, 5.41) is 4.47. The Labute approximate surface area is 401 Å². The summed E-state index contributed by atoms with van der Waals surface area (Å²) in [6, 6.07) is 69.7. The third kappa shape index (κ3) is 5.26. The molecule has 0 amide bonds. The Hall–Kier alpha value is -7.96. The smallest absolute Gasteiger partial charge is 0.252 e. The van der Waals surface area contributed by atoms with Gasteiger partial charge in [0, 0.05) is 67.5 Å². The van der Waals surface area contributed by atoms with Gasteiger partial charge in [0.2, 0.25) is 0 Å². The molecule has 0 bridgehead atoms. The first-order chi connectivity index (χ1) is 33.9. The molecule has 1 saturated carbocycles. The molecular formula is C63H48BN3O2. The first-order valence-electron chi connectivity index (χ1n) is 24.7. The number of para-hydroxylation sites is 3. The van der Waals surface area contributed by atoms with Crippen molar-refractivity contribution in [3.05, 3.63) is 199 Å². The third-order valence-electron chi connectivity index (χ3n) is 16.8. The lowest BCUT2D eigenvalue weighted by molar-refractivity contribution is 0.195. The number of anilines is 8. The Balaban J connectivity index is 1.03. The minimum absolute atomic E-state index is 0.0355. The summed E-state index contributed by atoms with van der Waals surface area (Å²) >= 11 is 0.